The fourth-order valence-corrected chi connectivity index (χ4v) is 3.40. The molecule has 3 rings (SSSR count). The SMILES string of the molecule is NS(=O)(=O)C1CN(C2COC2)C1.NS(=O)(=O)C1CNC1. The monoisotopic (exact) mass is 328 g/mol. The first kappa shape index (κ1) is 16.1. The van der Waals surface area contributed by atoms with Crippen LogP contribution in [0.5, 0.6) is 0 Å². The normalized spacial score (nSPS) is 25.9. The molecule has 0 aromatic rings. The molecule has 11 heteroatoms. The van der Waals surface area contributed by atoms with E-state index in [2.05, 4.69) is 10.2 Å². The fraction of sp³-hybridized carbons (Fsp3) is 1.00. The minimum atomic E-state index is -3.30. The number of hydrogen-bond acceptors (Lipinski definition) is 7. The third-order valence-corrected chi connectivity index (χ3v) is 6.18. The predicted molar refractivity (Wildman–Crippen MR) is 72.8 cm³/mol. The quantitative estimate of drug-likeness (QED) is 0.490. The number of primary sulfonamides is 2. The molecule has 9 nitrogen and oxygen atoms in total. The Bertz CT molecular complexity index is 535. The van der Waals surface area contributed by atoms with Crippen molar-refractivity contribution in [2.45, 2.75) is 16.5 Å². The highest BCUT2D eigenvalue weighted by Gasteiger charge is 2.40. The molecular weight excluding hydrogens is 308 g/mol. The van der Waals surface area contributed by atoms with Crippen LogP contribution in [0.1, 0.15) is 0 Å². The molecule has 0 aliphatic carbocycles. The third-order valence-electron chi connectivity index (χ3n) is 3.69. The lowest BCUT2D eigenvalue weighted by molar-refractivity contribution is -0.0830. The molecule has 0 aromatic carbocycles. The van der Waals surface area contributed by atoms with Crippen LogP contribution in [0.15, 0.2) is 0 Å². The molecule has 0 spiro atoms. The first-order valence-corrected chi connectivity index (χ1v) is 9.45. The average molecular weight is 328 g/mol. The zero-order chi connectivity index (χ0) is 15.0. The Balaban J connectivity index is 0.000000160. The summed E-state index contributed by atoms with van der Waals surface area (Å²) in [5, 5.41) is 11.9. The summed E-state index contributed by atoms with van der Waals surface area (Å²) in [7, 11) is -6.53. The number of nitrogens with two attached hydrogens (primary N) is 2. The summed E-state index contributed by atoms with van der Waals surface area (Å²) in [4.78, 5) is 2.10. The van der Waals surface area contributed by atoms with E-state index < -0.39 is 20.0 Å². The second-order valence-electron chi connectivity index (χ2n) is 5.23. The van der Waals surface area contributed by atoms with E-state index in [1.165, 1.54) is 0 Å². The molecule has 3 saturated heterocycles. The Hall–Kier alpha value is -0.300. The van der Waals surface area contributed by atoms with Gasteiger partial charge in [-0.15, -0.1) is 0 Å². The second kappa shape index (κ2) is 5.83. The Morgan fingerprint density at radius 3 is 1.65 bits per heavy atom. The number of hydrogen-bond donors (Lipinski definition) is 3. The predicted octanol–water partition coefficient (Wildman–Crippen LogP) is -3.40. The van der Waals surface area contributed by atoms with E-state index in [-0.39, 0.29) is 10.5 Å². The van der Waals surface area contributed by atoms with Gasteiger partial charge < -0.3 is 10.1 Å². The van der Waals surface area contributed by atoms with E-state index in [1.54, 1.807) is 0 Å². The Morgan fingerprint density at radius 2 is 1.45 bits per heavy atom. The van der Waals surface area contributed by atoms with Crippen LogP contribution in [0.2, 0.25) is 0 Å². The molecule has 0 atom stereocenters. The van der Waals surface area contributed by atoms with Crippen molar-refractivity contribution in [3.8, 4) is 0 Å². The van der Waals surface area contributed by atoms with Gasteiger partial charge in [0.1, 0.15) is 5.25 Å². The fourth-order valence-electron chi connectivity index (χ4n) is 1.90. The molecule has 3 aliphatic rings. The molecule has 0 radical (unpaired) electrons. The van der Waals surface area contributed by atoms with Crippen LogP contribution in [0.3, 0.4) is 0 Å². The summed E-state index contributed by atoms with van der Waals surface area (Å²) in [5.74, 6) is 0. The Kier molecular flexibility index (Phi) is 4.69. The number of nitrogens with one attached hydrogen (secondary N) is 1. The highest BCUT2D eigenvalue weighted by molar-refractivity contribution is 7.90. The van der Waals surface area contributed by atoms with Crippen LogP contribution in [0.25, 0.3) is 0 Å². The molecule has 3 fully saturated rings. The Morgan fingerprint density at radius 1 is 0.950 bits per heavy atom. The molecule has 0 unspecified atom stereocenters. The van der Waals surface area contributed by atoms with Crippen molar-refractivity contribution >= 4 is 20.0 Å². The van der Waals surface area contributed by atoms with Crippen molar-refractivity contribution in [2.24, 2.45) is 10.3 Å². The van der Waals surface area contributed by atoms with Crippen molar-refractivity contribution in [1.82, 2.24) is 10.2 Å². The lowest BCUT2D eigenvalue weighted by Crippen LogP contribution is -2.64. The van der Waals surface area contributed by atoms with Gasteiger partial charge >= 0.3 is 0 Å². The van der Waals surface area contributed by atoms with Crippen LogP contribution >= 0.6 is 0 Å². The standard InChI is InChI=1S/C6H12N2O3S.C3H8N2O2S/c7-12(9,10)6-1-8(2-6)5-3-11-4-5;4-8(6,7)3-1-5-2-3/h5-6H,1-4H2,(H2,7,9,10);3,5H,1-2H2,(H2,4,6,7). The van der Waals surface area contributed by atoms with Gasteiger partial charge in [0.25, 0.3) is 0 Å². The highest BCUT2D eigenvalue weighted by Crippen LogP contribution is 2.21. The summed E-state index contributed by atoms with van der Waals surface area (Å²) < 4.78 is 47.3. The topological polar surface area (TPSA) is 145 Å². The van der Waals surface area contributed by atoms with Gasteiger partial charge in [-0.25, -0.2) is 27.1 Å². The third kappa shape index (κ3) is 3.87. The maximum absolute atomic E-state index is 10.8. The molecule has 0 saturated carbocycles. The molecule has 3 heterocycles. The first-order valence-electron chi connectivity index (χ1n) is 6.23. The van der Waals surface area contributed by atoms with Crippen LogP contribution in [-0.2, 0) is 24.8 Å². The second-order valence-corrected chi connectivity index (χ2v) is 8.91. The van der Waals surface area contributed by atoms with E-state index in [1.807, 2.05) is 0 Å². The van der Waals surface area contributed by atoms with Crippen LogP contribution in [0, 0.1) is 0 Å². The zero-order valence-electron chi connectivity index (χ0n) is 10.9. The van der Waals surface area contributed by atoms with E-state index in [0.29, 0.717) is 32.2 Å². The summed E-state index contributed by atoms with van der Waals surface area (Å²) in [6.45, 7) is 3.64. The van der Waals surface area contributed by atoms with Crippen molar-refractivity contribution in [2.75, 3.05) is 39.4 Å². The lowest BCUT2D eigenvalue weighted by Gasteiger charge is -2.46. The van der Waals surface area contributed by atoms with Gasteiger partial charge in [0.15, 0.2) is 0 Å². The van der Waals surface area contributed by atoms with Crippen molar-refractivity contribution < 1.29 is 21.6 Å². The van der Waals surface area contributed by atoms with E-state index in [0.717, 1.165) is 13.2 Å². The Labute approximate surface area is 118 Å². The maximum atomic E-state index is 10.8. The minimum Gasteiger partial charge on any atom is -0.378 e. The largest absolute Gasteiger partial charge is 0.378 e. The number of nitrogens with zero attached hydrogens (tertiary/aromatic N) is 1. The summed E-state index contributed by atoms with van der Waals surface area (Å²) >= 11 is 0. The number of rotatable bonds is 3. The van der Waals surface area contributed by atoms with Gasteiger partial charge in [0.05, 0.1) is 24.5 Å². The van der Waals surface area contributed by atoms with E-state index >= 15 is 0 Å². The van der Waals surface area contributed by atoms with Crippen molar-refractivity contribution in [3.05, 3.63) is 0 Å². The summed E-state index contributed by atoms with van der Waals surface area (Å²) in [5.41, 5.74) is 0. The van der Waals surface area contributed by atoms with Gasteiger partial charge in [-0.05, 0) is 0 Å². The van der Waals surface area contributed by atoms with Crippen LogP contribution < -0.4 is 15.6 Å². The summed E-state index contributed by atoms with van der Waals surface area (Å²) in [6, 6.07) is 0.433. The first-order chi connectivity index (χ1) is 9.18. The van der Waals surface area contributed by atoms with Gasteiger partial charge in [-0.2, -0.15) is 0 Å². The van der Waals surface area contributed by atoms with Crippen molar-refractivity contribution in [1.29, 1.82) is 0 Å². The van der Waals surface area contributed by atoms with Gasteiger partial charge in [-0.1, -0.05) is 0 Å². The summed E-state index contributed by atoms with van der Waals surface area (Å²) in [6.07, 6.45) is 0. The minimum absolute atomic E-state index is 0.331. The van der Waals surface area contributed by atoms with Gasteiger partial charge in [0, 0.05) is 26.2 Å². The highest BCUT2D eigenvalue weighted by atomic mass is 32.2. The van der Waals surface area contributed by atoms with Crippen LogP contribution in [-0.4, -0.2) is 77.7 Å². The average Bonchev–Trinajstić information content (AvgIpc) is 1.98. The molecule has 3 aliphatic heterocycles. The molecule has 0 bridgehead atoms. The lowest BCUT2D eigenvalue weighted by atomic mass is 10.1. The number of sulfonamides is 2. The molecule has 5 N–H and O–H groups in total. The van der Waals surface area contributed by atoms with E-state index in [4.69, 9.17) is 15.0 Å². The van der Waals surface area contributed by atoms with Crippen LogP contribution in [0.4, 0.5) is 0 Å². The van der Waals surface area contributed by atoms with Gasteiger partial charge in [0.2, 0.25) is 20.0 Å². The molecule has 0 aromatic heterocycles. The van der Waals surface area contributed by atoms with Crippen molar-refractivity contribution in [3.63, 3.8) is 0 Å². The van der Waals surface area contributed by atoms with E-state index in [9.17, 15) is 16.8 Å². The maximum Gasteiger partial charge on any atom is 0.214 e. The zero-order valence-corrected chi connectivity index (χ0v) is 12.6. The molecule has 0 amide bonds. The molecule has 118 valence electrons. The number of ether oxygens (including phenoxy) is 1. The number of likely N-dealkylation sites (tertiary alicyclic amines) is 1. The molecule has 20 heavy (non-hydrogen) atoms. The smallest absolute Gasteiger partial charge is 0.214 e. The van der Waals surface area contributed by atoms with Gasteiger partial charge in [-0.3, -0.25) is 4.90 Å². The molecular formula is C9H20N4O5S2.